The van der Waals surface area contributed by atoms with Gasteiger partial charge in [0.25, 0.3) is 5.91 Å². The minimum atomic E-state index is -0.352. The summed E-state index contributed by atoms with van der Waals surface area (Å²) in [5.74, 6) is 0.0137. The van der Waals surface area contributed by atoms with Gasteiger partial charge in [0.1, 0.15) is 5.82 Å². The molecule has 3 nitrogen and oxygen atoms in total. The number of aryl methyl sites for hydroxylation is 1. The number of hydrogen-bond acceptors (Lipinski definition) is 2. The van der Waals surface area contributed by atoms with Gasteiger partial charge in [0.05, 0.1) is 0 Å². The van der Waals surface area contributed by atoms with Gasteiger partial charge in [-0.25, -0.2) is 4.39 Å². The van der Waals surface area contributed by atoms with Crippen LogP contribution in [0.5, 0.6) is 0 Å². The molecule has 0 aromatic heterocycles. The molecule has 0 spiro atoms. The van der Waals surface area contributed by atoms with Crippen LogP contribution in [0.15, 0.2) is 18.2 Å². The Labute approximate surface area is 120 Å². The third-order valence-corrected chi connectivity index (χ3v) is 4.09. The number of likely N-dealkylation sites (tertiary alicyclic amines) is 1. The quantitative estimate of drug-likeness (QED) is 0.921. The number of carbonyl (C=O) groups is 1. The Bertz CT molecular complexity index is 489. The summed E-state index contributed by atoms with van der Waals surface area (Å²) in [5, 5.41) is 3.46. The topological polar surface area (TPSA) is 32.3 Å². The average molecular weight is 278 g/mol. The average Bonchev–Trinajstić information content (AvgIpc) is 2.43. The van der Waals surface area contributed by atoms with E-state index in [1.54, 1.807) is 6.07 Å². The molecular formula is C16H23FN2O. The first kappa shape index (κ1) is 15.0. The molecule has 1 aliphatic rings. The van der Waals surface area contributed by atoms with Gasteiger partial charge in [0.2, 0.25) is 0 Å². The Kier molecular flexibility index (Phi) is 4.76. The molecule has 4 heteroatoms. The van der Waals surface area contributed by atoms with E-state index in [1.165, 1.54) is 12.1 Å². The van der Waals surface area contributed by atoms with E-state index in [4.69, 9.17) is 0 Å². The van der Waals surface area contributed by atoms with Crippen molar-refractivity contribution in [2.75, 3.05) is 19.6 Å². The molecule has 0 radical (unpaired) electrons. The summed E-state index contributed by atoms with van der Waals surface area (Å²) in [5.41, 5.74) is 1.32. The lowest BCUT2D eigenvalue weighted by atomic mass is 9.93. The van der Waals surface area contributed by atoms with Gasteiger partial charge in [-0.1, -0.05) is 19.9 Å². The Morgan fingerprint density at radius 1 is 1.50 bits per heavy atom. The Morgan fingerprint density at radius 3 is 2.90 bits per heavy atom. The number of benzene rings is 1. The molecule has 2 rings (SSSR count). The first-order chi connectivity index (χ1) is 9.52. The van der Waals surface area contributed by atoms with Gasteiger partial charge in [-0.15, -0.1) is 0 Å². The van der Waals surface area contributed by atoms with Crippen LogP contribution in [0, 0.1) is 18.7 Å². The second-order valence-electron chi connectivity index (χ2n) is 5.64. The van der Waals surface area contributed by atoms with Crippen molar-refractivity contribution in [2.24, 2.45) is 5.92 Å². The van der Waals surface area contributed by atoms with E-state index < -0.39 is 0 Å². The van der Waals surface area contributed by atoms with Crippen LogP contribution >= 0.6 is 0 Å². The predicted octanol–water partition coefficient (Wildman–Crippen LogP) is 2.59. The maximum absolute atomic E-state index is 13.3. The van der Waals surface area contributed by atoms with Gasteiger partial charge in [0.15, 0.2) is 0 Å². The van der Waals surface area contributed by atoms with Crippen molar-refractivity contribution in [1.29, 1.82) is 0 Å². The number of halogens is 1. The number of carbonyl (C=O) groups excluding carboxylic acids is 1. The maximum Gasteiger partial charge on any atom is 0.254 e. The second-order valence-corrected chi connectivity index (χ2v) is 5.64. The zero-order chi connectivity index (χ0) is 14.7. The van der Waals surface area contributed by atoms with Gasteiger partial charge < -0.3 is 10.2 Å². The number of amides is 1. The van der Waals surface area contributed by atoms with Crippen LogP contribution in [0.2, 0.25) is 0 Å². The lowest BCUT2D eigenvalue weighted by molar-refractivity contribution is 0.0645. The molecule has 1 saturated heterocycles. The molecular weight excluding hydrogens is 255 g/mol. The lowest BCUT2D eigenvalue weighted by Crippen LogP contribution is -2.50. The predicted molar refractivity (Wildman–Crippen MR) is 78.3 cm³/mol. The summed E-state index contributed by atoms with van der Waals surface area (Å²) in [6.45, 7) is 8.52. The molecule has 1 aromatic rings. The van der Waals surface area contributed by atoms with Crippen LogP contribution in [0.3, 0.4) is 0 Å². The summed E-state index contributed by atoms with van der Waals surface area (Å²) in [6.07, 6.45) is 0.953. The van der Waals surface area contributed by atoms with E-state index >= 15 is 0 Å². The molecule has 1 heterocycles. The smallest absolute Gasteiger partial charge is 0.254 e. The summed E-state index contributed by atoms with van der Waals surface area (Å²) in [4.78, 5) is 14.4. The van der Waals surface area contributed by atoms with Gasteiger partial charge in [-0.05, 0) is 43.5 Å². The summed E-state index contributed by atoms with van der Waals surface area (Å²) < 4.78 is 13.3. The zero-order valence-corrected chi connectivity index (χ0v) is 12.4. The van der Waals surface area contributed by atoms with Crippen LogP contribution in [-0.4, -0.2) is 36.5 Å². The fourth-order valence-electron chi connectivity index (χ4n) is 2.89. The van der Waals surface area contributed by atoms with Gasteiger partial charge in [0, 0.05) is 24.7 Å². The van der Waals surface area contributed by atoms with Crippen LogP contribution in [0.1, 0.15) is 36.2 Å². The fourth-order valence-corrected chi connectivity index (χ4v) is 2.89. The molecule has 1 aliphatic heterocycles. The van der Waals surface area contributed by atoms with E-state index in [-0.39, 0.29) is 11.7 Å². The summed E-state index contributed by atoms with van der Waals surface area (Å²) in [6, 6.07) is 4.88. The Morgan fingerprint density at radius 2 is 2.25 bits per heavy atom. The third kappa shape index (κ3) is 3.18. The fraction of sp³-hybridized carbons (Fsp3) is 0.562. The normalized spacial score (nSPS) is 22.9. The van der Waals surface area contributed by atoms with Crippen molar-refractivity contribution in [3.8, 4) is 0 Å². The van der Waals surface area contributed by atoms with E-state index in [0.29, 0.717) is 17.5 Å². The van der Waals surface area contributed by atoms with E-state index in [9.17, 15) is 9.18 Å². The van der Waals surface area contributed by atoms with Gasteiger partial charge in [-0.3, -0.25) is 4.79 Å². The van der Waals surface area contributed by atoms with E-state index in [2.05, 4.69) is 19.2 Å². The highest BCUT2D eigenvalue weighted by atomic mass is 19.1. The third-order valence-electron chi connectivity index (χ3n) is 4.09. The van der Waals surface area contributed by atoms with Crippen molar-refractivity contribution in [3.63, 3.8) is 0 Å². The van der Waals surface area contributed by atoms with Crippen LogP contribution < -0.4 is 5.32 Å². The monoisotopic (exact) mass is 278 g/mol. The molecule has 2 unspecified atom stereocenters. The molecule has 1 aromatic carbocycles. The molecule has 1 N–H and O–H groups in total. The van der Waals surface area contributed by atoms with Crippen LogP contribution in [0.25, 0.3) is 0 Å². The highest BCUT2D eigenvalue weighted by Crippen LogP contribution is 2.20. The molecule has 0 bridgehead atoms. The Hall–Kier alpha value is -1.42. The minimum Gasteiger partial charge on any atom is -0.338 e. The molecule has 1 fully saturated rings. The van der Waals surface area contributed by atoms with E-state index in [0.717, 1.165) is 31.6 Å². The van der Waals surface area contributed by atoms with Gasteiger partial charge in [-0.2, -0.15) is 0 Å². The summed E-state index contributed by atoms with van der Waals surface area (Å²) >= 11 is 0. The maximum atomic E-state index is 13.3. The van der Waals surface area contributed by atoms with Crippen molar-refractivity contribution < 1.29 is 9.18 Å². The highest BCUT2D eigenvalue weighted by molar-refractivity contribution is 5.95. The number of piperidine rings is 1. The van der Waals surface area contributed by atoms with E-state index in [1.807, 2.05) is 11.8 Å². The van der Waals surface area contributed by atoms with Crippen LogP contribution in [0.4, 0.5) is 4.39 Å². The highest BCUT2D eigenvalue weighted by Gasteiger charge is 2.29. The molecule has 0 saturated carbocycles. The molecule has 110 valence electrons. The van der Waals surface area contributed by atoms with Crippen LogP contribution in [-0.2, 0) is 0 Å². The first-order valence-corrected chi connectivity index (χ1v) is 7.31. The number of nitrogens with zero attached hydrogens (tertiary/aromatic N) is 1. The van der Waals surface area contributed by atoms with Gasteiger partial charge >= 0.3 is 0 Å². The summed E-state index contributed by atoms with van der Waals surface area (Å²) in [7, 11) is 0. The molecule has 2 atom stereocenters. The van der Waals surface area contributed by atoms with Crippen molar-refractivity contribution in [1.82, 2.24) is 10.2 Å². The largest absolute Gasteiger partial charge is 0.338 e. The number of nitrogens with one attached hydrogen (secondary N) is 1. The van der Waals surface area contributed by atoms with Crippen molar-refractivity contribution in [3.05, 3.63) is 35.1 Å². The second kappa shape index (κ2) is 6.35. The van der Waals surface area contributed by atoms with Crippen molar-refractivity contribution in [2.45, 2.75) is 33.2 Å². The zero-order valence-electron chi connectivity index (χ0n) is 12.4. The minimum absolute atomic E-state index is 0.0520. The molecule has 0 aliphatic carbocycles. The van der Waals surface area contributed by atoms with Crippen molar-refractivity contribution >= 4 is 5.91 Å². The SMILES string of the molecule is CCNC1CCN(C(=O)c2cc(F)ccc2C)CC1C. The number of hydrogen-bond donors (Lipinski definition) is 1. The lowest BCUT2D eigenvalue weighted by Gasteiger charge is -2.37. The standard InChI is InChI=1S/C16H23FN2O/c1-4-18-15-7-8-19(10-12(15)3)16(20)14-9-13(17)6-5-11(14)2/h5-6,9,12,15,18H,4,7-8,10H2,1-3H3. The molecule has 1 amide bonds. The number of rotatable bonds is 3. The first-order valence-electron chi connectivity index (χ1n) is 7.31. The Balaban J connectivity index is 2.09. The molecule has 20 heavy (non-hydrogen) atoms.